The fourth-order valence-electron chi connectivity index (χ4n) is 2.99. The van der Waals surface area contributed by atoms with Crippen molar-refractivity contribution in [3.63, 3.8) is 0 Å². The lowest BCUT2D eigenvalue weighted by atomic mass is 10.0. The summed E-state index contributed by atoms with van der Waals surface area (Å²) in [6.45, 7) is 0.886. The Morgan fingerprint density at radius 2 is 1.92 bits per heavy atom. The van der Waals surface area contributed by atoms with Crippen molar-refractivity contribution >= 4 is 11.6 Å². The molecule has 0 bridgehead atoms. The maximum Gasteiger partial charge on any atom is 0.241 e. The summed E-state index contributed by atoms with van der Waals surface area (Å²) in [7, 11) is 1.49. The van der Waals surface area contributed by atoms with Crippen LogP contribution in [0.25, 0.3) is 11.1 Å². The first-order valence-electron chi connectivity index (χ1n) is 8.27. The van der Waals surface area contributed by atoms with Crippen LogP contribution >= 0.6 is 0 Å². The Kier molecular flexibility index (Phi) is 5.33. The van der Waals surface area contributed by atoms with E-state index in [0.717, 1.165) is 36.2 Å². The molecule has 6 heteroatoms. The highest BCUT2D eigenvalue weighted by Crippen LogP contribution is 2.30. The van der Waals surface area contributed by atoms with E-state index in [-0.39, 0.29) is 11.9 Å². The molecular formula is C19H22N2O4. The third-order valence-electron chi connectivity index (χ3n) is 4.37. The van der Waals surface area contributed by atoms with E-state index in [2.05, 4.69) is 10.6 Å². The van der Waals surface area contributed by atoms with E-state index >= 15 is 0 Å². The van der Waals surface area contributed by atoms with Gasteiger partial charge in [0.15, 0.2) is 6.29 Å². The van der Waals surface area contributed by atoms with E-state index in [4.69, 9.17) is 4.74 Å². The molecule has 0 radical (unpaired) electrons. The van der Waals surface area contributed by atoms with Gasteiger partial charge in [0.25, 0.3) is 0 Å². The Balaban J connectivity index is 1.74. The Hall–Kier alpha value is -2.41. The molecule has 1 amide bonds. The third-order valence-corrected chi connectivity index (χ3v) is 4.37. The number of ether oxygens (including phenoxy) is 1. The summed E-state index contributed by atoms with van der Waals surface area (Å²) in [4.78, 5) is 12.1. The minimum absolute atomic E-state index is 0.00629. The first-order valence-corrected chi connectivity index (χ1v) is 8.27. The van der Waals surface area contributed by atoms with Crippen LogP contribution in [0.15, 0.2) is 42.5 Å². The van der Waals surface area contributed by atoms with Gasteiger partial charge in [-0.05, 0) is 54.8 Å². The molecule has 0 unspecified atom stereocenters. The predicted octanol–water partition coefficient (Wildman–Crippen LogP) is 2.04. The lowest BCUT2D eigenvalue weighted by Crippen LogP contribution is -2.35. The van der Waals surface area contributed by atoms with Gasteiger partial charge in [-0.1, -0.05) is 18.2 Å². The van der Waals surface area contributed by atoms with Crippen molar-refractivity contribution in [1.29, 1.82) is 0 Å². The molecule has 132 valence electrons. The van der Waals surface area contributed by atoms with Gasteiger partial charge in [0, 0.05) is 11.3 Å². The van der Waals surface area contributed by atoms with Gasteiger partial charge in [-0.3, -0.25) is 4.79 Å². The van der Waals surface area contributed by atoms with Gasteiger partial charge in [0.2, 0.25) is 5.91 Å². The zero-order chi connectivity index (χ0) is 17.8. The third kappa shape index (κ3) is 3.99. The minimum atomic E-state index is -1.58. The summed E-state index contributed by atoms with van der Waals surface area (Å²) in [5.41, 5.74) is 2.89. The first-order chi connectivity index (χ1) is 12.1. The van der Waals surface area contributed by atoms with Gasteiger partial charge >= 0.3 is 0 Å². The van der Waals surface area contributed by atoms with Crippen LogP contribution in [-0.2, 0) is 4.79 Å². The number of hydrogen-bond acceptors (Lipinski definition) is 5. The molecule has 3 rings (SSSR count). The Morgan fingerprint density at radius 1 is 1.20 bits per heavy atom. The topological polar surface area (TPSA) is 90.8 Å². The van der Waals surface area contributed by atoms with Crippen molar-refractivity contribution in [3.05, 3.63) is 48.0 Å². The number of carbonyl (C=O) groups is 1. The van der Waals surface area contributed by atoms with Gasteiger partial charge in [0.05, 0.1) is 13.2 Å². The minimum Gasteiger partial charge on any atom is -0.496 e. The van der Waals surface area contributed by atoms with E-state index in [1.54, 1.807) is 18.2 Å². The number of hydrogen-bond donors (Lipinski definition) is 4. The Labute approximate surface area is 146 Å². The summed E-state index contributed by atoms with van der Waals surface area (Å²) in [5.74, 6) is 0.408. The number of benzene rings is 2. The maximum absolute atomic E-state index is 12.1. The molecule has 0 saturated carbocycles. The number of rotatable bonds is 5. The number of aliphatic hydroxyl groups is 2. The summed E-state index contributed by atoms with van der Waals surface area (Å²) >= 11 is 0. The molecule has 25 heavy (non-hydrogen) atoms. The molecule has 0 aromatic heterocycles. The monoisotopic (exact) mass is 342 g/mol. The number of carbonyl (C=O) groups excluding carboxylic acids is 1. The molecule has 1 fully saturated rings. The van der Waals surface area contributed by atoms with Gasteiger partial charge in [-0.25, -0.2) is 0 Å². The molecule has 1 heterocycles. The van der Waals surface area contributed by atoms with Crippen LogP contribution in [0.2, 0.25) is 0 Å². The molecule has 2 aromatic carbocycles. The van der Waals surface area contributed by atoms with E-state index in [1.807, 2.05) is 24.3 Å². The average molecular weight is 342 g/mol. The number of nitrogens with one attached hydrogen (secondary N) is 2. The zero-order valence-corrected chi connectivity index (χ0v) is 14.0. The Morgan fingerprint density at radius 3 is 2.52 bits per heavy atom. The fraction of sp³-hybridized carbons (Fsp3) is 0.316. The summed E-state index contributed by atoms with van der Waals surface area (Å²) in [5, 5.41) is 24.8. The van der Waals surface area contributed by atoms with Crippen molar-refractivity contribution in [2.75, 3.05) is 19.0 Å². The van der Waals surface area contributed by atoms with Crippen LogP contribution < -0.4 is 15.4 Å². The van der Waals surface area contributed by atoms with Crippen molar-refractivity contribution < 1.29 is 19.7 Å². The highest BCUT2D eigenvalue weighted by molar-refractivity contribution is 5.95. The highest BCUT2D eigenvalue weighted by atomic mass is 16.5. The van der Waals surface area contributed by atoms with Crippen LogP contribution in [-0.4, -0.2) is 35.8 Å². The highest BCUT2D eigenvalue weighted by Gasteiger charge is 2.21. The Bertz CT molecular complexity index is 738. The second-order valence-electron chi connectivity index (χ2n) is 6.05. The van der Waals surface area contributed by atoms with Crippen LogP contribution in [0.1, 0.15) is 24.7 Å². The standard InChI is InChI=1S/C19H22N2O4/c1-25-17-11-13(6-9-15(17)19(23)24)12-4-7-14(8-5-12)21-18(22)16-3-2-10-20-16/h4-9,11,16,19-20,23-24H,2-3,10H2,1H3,(H,21,22)/t16-/m1/s1. The predicted molar refractivity (Wildman–Crippen MR) is 95.3 cm³/mol. The lowest BCUT2D eigenvalue weighted by molar-refractivity contribution is -0.117. The average Bonchev–Trinajstić information content (AvgIpc) is 3.16. The van der Waals surface area contributed by atoms with Gasteiger partial charge in [-0.15, -0.1) is 0 Å². The molecule has 1 atom stereocenters. The second kappa shape index (κ2) is 7.65. The van der Waals surface area contributed by atoms with Gasteiger partial charge in [-0.2, -0.15) is 0 Å². The fourth-order valence-corrected chi connectivity index (χ4v) is 2.99. The van der Waals surface area contributed by atoms with Crippen molar-refractivity contribution in [3.8, 4) is 16.9 Å². The zero-order valence-electron chi connectivity index (χ0n) is 14.0. The molecule has 0 aliphatic carbocycles. The van der Waals surface area contributed by atoms with Crippen LogP contribution in [0.5, 0.6) is 5.75 Å². The summed E-state index contributed by atoms with van der Waals surface area (Å²) in [6, 6.07) is 12.6. The SMILES string of the molecule is COc1cc(-c2ccc(NC(=O)[C@H]3CCCN3)cc2)ccc1C(O)O. The number of anilines is 1. The smallest absolute Gasteiger partial charge is 0.241 e. The largest absolute Gasteiger partial charge is 0.496 e. The molecule has 0 spiro atoms. The first kappa shape index (κ1) is 17.4. The maximum atomic E-state index is 12.1. The van der Waals surface area contributed by atoms with Crippen LogP contribution in [0, 0.1) is 0 Å². The molecule has 1 saturated heterocycles. The van der Waals surface area contributed by atoms with Crippen molar-refractivity contribution in [1.82, 2.24) is 5.32 Å². The quantitative estimate of drug-likeness (QED) is 0.624. The lowest BCUT2D eigenvalue weighted by Gasteiger charge is -2.13. The van der Waals surface area contributed by atoms with Gasteiger partial charge in [0.1, 0.15) is 5.75 Å². The summed E-state index contributed by atoms with van der Waals surface area (Å²) < 4.78 is 5.22. The molecule has 1 aliphatic rings. The van der Waals surface area contributed by atoms with Gasteiger partial charge < -0.3 is 25.6 Å². The molecule has 2 aromatic rings. The molecule has 6 nitrogen and oxygen atoms in total. The van der Waals surface area contributed by atoms with E-state index in [9.17, 15) is 15.0 Å². The van der Waals surface area contributed by atoms with Crippen LogP contribution in [0.3, 0.4) is 0 Å². The molecule has 4 N–H and O–H groups in total. The van der Waals surface area contributed by atoms with Crippen molar-refractivity contribution in [2.24, 2.45) is 0 Å². The van der Waals surface area contributed by atoms with E-state index in [1.165, 1.54) is 7.11 Å². The second-order valence-corrected chi connectivity index (χ2v) is 6.05. The van der Waals surface area contributed by atoms with Crippen molar-refractivity contribution in [2.45, 2.75) is 25.2 Å². The molecular weight excluding hydrogens is 320 g/mol. The molecule has 1 aliphatic heterocycles. The van der Waals surface area contributed by atoms with E-state index < -0.39 is 6.29 Å². The number of amides is 1. The normalized spacial score (nSPS) is 16.9. The van der Waals surface area contributed by atoms with Crippen LogP contribution in [0.4, 0.5) is 5.69 Å². The summed E-state index contributed by atoms with van der Waals surface area (Å²) in [6.07, 6.45) is 0.315. The number of methoxy groups -OCH3 is 1. The van der Waals surface area contributed by atoms with E-state index in [0.29, 0.717) is 11.3 Å². The number of aliphatic hydroxyl groups excluding tert-OH is 1.